The molecule has 4 aromatic carbocycles. The summed E-state index contributed by atoms with van der Waals surface area (Å²) in [4.78, 5) is 19.9. The molecule has 0 amide bonds. The molecule has 0 saturated heterocycles. The zero-order valence-electron chi connectivity index (χ0n) is 26.3. The Bertz CT molecular complexity index is 1810. The van der Waals surface area contributed by atoms with Crippen molar-refractivity contribution in [2.75, 3.05) is 18.0 Å². The zero-order valence-corrected chi connectivity index (χ0v) is 29.3. The fraction of sp³-hybridized carbons (Fsp3) is 0.297. The number of nitrogens with one attached hydrogen (secondary N) is 1. The minimum Gasteiger partial charge on any atom is -0.372 e. The first-order valence-corrected chi connectivity index (χ1v) is 17.1. The lowest BCUT2D eigenvalue weighted by atomic mass is 10.0. The van der Waals surface area contributed by atoms with Gasteiger partial charge in [0.15, 0.2) is 0 Å². The number of halogens is 4. The van der Waals surface area contributed by atoms with Crippen LogP contribution in [0.2, 0.25) is 20.1 Å². The summed E-state index contributed by atoms with van der Waals surface area (Å²) in [5.41, 5.74) is 7.05. The molecular weight excluding hydrogens is 658 g/mol. The fourth-order valence-electron chi connectivity index (χ4n) is 5.78. The van der Waals surface area contributed by atoms with Gasteiger partial charge >= 0.3 is 0 Å². The van der Waals surface area contributed by atoms with Gasteiger partial charge in [0, 0.05) is 49.9 Å². The molecule has 5 nitrogen and oxygen atoms in total. The molecule has 1 heterocycles. The molecular formula is C37H38Cl4N4O. The van der Waals surface area contributed by atoms with Gasteiger partial charge in [0.1, 0.15) is 11.6 Å². The van der Waals surface area contributed by atoms with Gasteiger partial charge in [0.2, 0.25) is 0 Å². The summed E-state index contributed by atoms with van der Waals surface area (Å²) in [6.07, 6.45) is 2.53. The molecule has 1 N–H and O–H groups in total. The summed E-state index contributed by atoms with van der Waals surface area (Å²) in [5.74, 6) is 0.951. The molecule has 0 aliphatic heterocycles. The van der Waals surface area contributed by atoms with Gasteiger partial charge in [0.05, 0.1) is 31.1 Å². The van der Waals surface area contributed by atoms with Gasteiger partial charge in [0.25, 0.3) is 0 Å². The van der Waals surface area contributed by atoms with Crippen molar-refractivity contribution in [3.8, 4) is 11.4 Å². The highest BCUT2D eigenvalue weighted by atomic mass is 35.5. The van der Waals surface area contributed by atoms with E-state index in [1.54, 1.807) is 13.0 Å². The summed E-state index contributed by atoms with van der Waals surface area (Å²) in [7, 11) is 0. The molecule has 46 heavy (non-hydrogen) atoms. The van der Waals surface area contributed by atoms with Crippen LogP contribution >= 0.6 is 46.4 Å². The zero-order chi connectivity index (χ0) is 32.8. The topological polar surface area (TPSA) is 50.2 Å². The molecule has 9 heteroatoms. The van der Waals surface area contributed by atoms with E-state index >= 15 is 0 Å². The molecule has 0 aliphatic carbocycles. The van der Waals surface area contributed by atoms with Crippen LogP contribution in [0.25, 0.3) is 22.4 Å². The third-order valence-electron chi connectivity index (χ3n) is 8.01. The SMILES string of the molecule is CCCN(CCC)c1ccc(-c2nc3cc(C(CC(C)=O)NCc4ccc(Cl)c(Cl)c4)ccc3n2Cc2ccc(Cl)c(Cl)c2)cc1. The standard InChI is InChI=1S/C37H38Cl4N4O/c1-4-16-44(17-5-2)29-11-8-27(9-12-29)37-43-35-21-28(10-15-36(35)45(37)23-26-7-14-31(39)33(41)20-26)34(18-24(3)46)42-22-25-6-13-30(38)32(40)19-25/h6-15,19-21,34,42H,4-5,16-18,22-23H2,1-3H3. The molecule has 1 unspecified atom stereocenters. The average molecular weight is 697 g/mol. The average Bonchev–Trinajstić information content (AvgIpc) is 3.39. The molecule has 5 rings (SSSR count). The number of rotatable bonds is 14. The van der Waals surface area contributed by atoms with E-state index in [1.807, 2.05) is 30.3 Å². The lowest BCUT2D eigenvalue weighted by Crippen LogP contribution is -2.24. The summed E-state index contributed by atoms with van der Waals surface area (Å²) in [6.45, 7) is 9.17. The summed E-state index contributed by atoms with van der Waals surface area (Å²) >= 11 is 25.0. The normalized spacial score (nSPS) is 12.1. The van der Waals surface area contributed by atoms with E-state index in [2.05, 4.69) is 71.1 Å². The van der Waals surface area contributed by atoms with Gasteiger partial charge in [-0.2, -0.15) is 0 Å². The quantitative estimate of drug-likeness (QED) is 0.126. The van der Waals surface area contributed by atoms with Gasteiger partial charge in [-0.15, -0.1) is 0 Å². The van der Waals surface area contributed by atoms with Crippen molar-refractivity contribution in [1.29, 1.82) is 0 Å². The molecule has 1 atom stereocenters. The first-order chi connectivity index (χ1) is 22.2. The molecule has 240 valence electrons. The number of carbonyl (C=O) groups excluding carboxylic acids is 1. The van der Waals surface area contributed by atoms with Crippen molar-refractivity contribution in [2.45, 2.75) is 59.2 Å². The molecule has 1 aromatic heterocycles. The molecule has 0 spiro atoms. The molecule has 0 saturated carbocycles. The summed E-state index contributed by atoms with van der Waals surface area (Å²) in [5, 5.41) is 5.60. The highest BCUT2D eigenvalue weighted by Gasteiger charge is 2.19. The predicted octanol–water partition coefficient (Wildman–Crippen LogP) is 10.8. The Morgan fingerprint density at radius 3 is 2.04 bits per heavy atom. The maximum Gasteiger partial charge on any atom is 0.141 e. The number of anilines is 1. The smallest absolute Gasteiger partial charge is 0.141 e. The van der Waals surface area contributed by atoms with Crippen LogP contribution in [-0.2, 0) is 17.9 Å². The Morgan fingerprint density at radius 2 is 1.43 bits per heavy atom. The Hall–Kier alpha value is -3.06. The van der Waals surface area contributed by atoms with Crippen LogP contribution in [0.3, 0.4) is 0 Å². The van der Waals surface area contributed by atoms with Crippen molar-refractivity contribution in [3.05, 3.63) is 116 Å². The molecule has 5 aromatic rings. The number of hydrogen-bond acceptors (Lipinski definition) is 4. The fourth-order valence-corrected chi connectivity index (χ4v) is 6.42. The number of benzene rings is 4. The maximum atomic E-state index is 12.3. The second-order valence-electron chi connectivity index (χ2n) is 11.6. The number of carbonyl (C=O) groups is 1. The second-order valence-corrected chi connectivity index (χ2v) is 13.3. The van der Waals surface area contributed by atoms with E-state index in [0.29, 0.717) is 39.6 Å². The van der Waals surface area contributed by atoms with E-state index in [0.717, 1.165) is 65.0 Å². The van der Waals surface area contributed by atoms with Crippen LogP contribution in [0.1, 0.15) is 62.8 Å². The van der Waals surface area contributed by atoms with Crippen LogP contribution < -0.4 is 10.2 Å². The first-order valence-electron chi connectivity index (χ1n) is 15.6. The van der Waals surface area contributed by atoms with Crippen LogP contribution in [0.15, 0.2) is 78.9 Å². The van der Waals surface area contributed by atoms with E-state index in [1.165, 1.54) is 5.69 Å². The van der Waals surface area contributed by atoms with Crippen molar-refractivity contribution in [1.82, 2.24) is 14.9 Å². The highest BCUT2D eigenvalue weighted by Crippen LogP contribution is 2.32. The van der Waals surface area contributed by atoms with Crippen molar-refractivity contribution >= 4 is 68.9 Å². The monoisotopic (exact) mass is 694 g/mol. The minimum absolute atomic E-state index is 0.0952. The third kappa shape index (κ3) is 8.26. The number of ketones is 1. The molecule has 0 radical (unpaired) electrons. The number of imidazole rings is 1. The van der Waals surface area contributed by atoms with Crippen LogP contribution in [0.4, 0.5) is 5.69 Å². The Morgan fingerprint density at radius 1 is 0.804 bits per heavy atom. The molecule has 0 bridgehead atoms. The van der Waals surface area contributed by atoms with E-state index in [9.17, 15) is 4.79 Å². The Kier molecular flexibility index (Phi) is 11.7. The van der Waals surface area contributed by atoms with Gasteiger partial charge < -0.3 is 14.8 Å². The second kappa shape index (κ2) is 15.7. The van der Waals surface area contributed by atoms with Crippen LogP contribution in [0, 0.1) is 0 Å². The van der Waals surface area contributed by atoms with Gasteiger partial charge in [-0.25, -0.2) is 4.98 Å². The molecule has 0 fully saturated rings. The highest BCUT2D eigenvalue weighted by molar-refractivity contribution is 6.42. The lowest BCUT2D eigenvalue weighted by Gasteiger charge is -2.24. The van der Waals surface area contributed by atoms with E-state index in [4.69, 9.17) is 51.4 Å². The first kappa shape index (κ1) is 34.3. The van der Waals surface area contributed by atoms with Crippen molar-refractivity contribution < 1.29 is 4.79 Å². The predicted molar refractivity (Wildman–Crippen MR) is 195 cm³/mol. The molecule has 0 aliphatic rings. The van der Waals surface area contributed by atoms with Crippen LogP contribution in [-0.4, -0.2) is 28.4 Å². The Balaban J connectivity index is 1.53. The largest absolute Gasteiger partial charge is 0.372 e. The number of aromatic nitrogens is 2. The Labute approximate surface area is 291 Å². The number of Topliss-reactive ketones (excluding diaryl/α,β-unsaturated/α-hetero) is 1. The summed E-state index contributed by atoms with van der Waals surface area (Å²) in [6, 6.07) is 26.0. The number of nitrogens with zero attached hydrogens (tertiary/aromatic N) is 3. The number of hydrogen-bond donors (Lipinski definition) is 1. The van der Waals surface area contributed by atoms with Gasteiger partial charge in [-0.1, -0.05) is 78.5 Å². The minimum atomic E-state index is -0.206. The number of fused-ring (bicyclic) bond motifs is 1. The van der Waals surface area contributed by atoms with E-state index < -0.39 is 0 Å². The van der Waals surface area contributed by atoms with Gasteiger partial charge in [-0.05, 0) is 97.1 Å². The van der Waals surface area contributed by atoms with E-state index in [-0.39, 0.29) is 11.8 Å². The maximum absolute atomic E-state index is 12.3. The van der Waals surface area contributed by atoms with Crippen molar-refractivity contribution in [3.63, 3.8) is 0 Å². The lowest BCUT2D eigenvalue weighted by molar-refractivity contribution is -0.117. The summed E-state index contributed by atoms with van der Waals surface area (Å²) < 4.78 is 2.21. The van der Waals surface area contributed by atoms with Crippen molar-refractivity contribution in [2.24, 2.45) is 0 Å². The van der Waals surface area contributed by atoms with Gasteiger partial charge in [-0.3, -0.25) is 4.79 Å². The van der Waals surface area contributed by atoms with Crippen LogP contribution in [0.5, 0.6) is 0 Å². The third-order valence-corrected chi connectivity index (χ3v) is 9.48.